The Morgan fingerprint density at radius 3 is 2.48 bits per heavy atom. The number of thioether (sulfide) groups is 1. The maximum atomic E-state index is 12.9. The number of Topliss-reactive ketones (excluding diaryl/α,β-unsaturated/α-hetero) is 1. The van der Waals surface area contributed by atoms with Crippen LogP contribution in [-0.2, 0) is 19.1 Å². The van der Waals surface area contributed by atoms with Crippen molar-refractivity contribution in [2.45, 2.75) is 23.9 Å². The van der Waals surface area contributed by atoms with Crippen molar-refractivity contribution in [2.75, 3.05) is 23.8 Å². The summed E-state index contributed by atoms with van der Waals surface area (Å²) in [4.78, 5) is 52.8. The molecule has 172 valence electrons. The number of hydrogen-bond acceptors (Lipinski definition) is 7. The fraction of sp³-hybridized carbons (Fsp3) is 0.304. The van der Waals surface area contributed by atoms with Gasteiger partial charge in [0.2, 0.25) is 11.8 Å². The summed E-state index contributed by atoms with van der Waals surface area (Å²) in [5, 5.41) is 10.9. The van der Waals surface area contributed by atoms with Gasteiger partial charge in [0.05, 0.1) is 6.54 Å². The van der Waals surface area contributed by atoms with Crippen LogP contribution in [0.15, 0.2) is 54.6 Å². The van der Waals surface area contributed by atoms with Gasteiger partial charge in [0.1, 0.15) is 11.4 Å². The van der Waals surface area contributed by atoms with Crippen LogP contribution in [0, 0.1) is 0 Å². The lowest BCUT2D eigenvalue weighted by Gasteiger charge is -2.55. The lowest BCUT2D eigenvalue weighted by Crippen LogP contribution is -2.75. The molecule has 10 heteroatoms. The van der Waals surface area contributed by atoms with Crippen molar-refractivity contribution in [3.63, 3.8) is 0 Å². The second-order valence-electron chi connectivity index (χ2n) is 7.87. The van der Waals surface area contributed by atoms with Crippen LogP contribution in [-0.4, -0.2) is 69.5 Å². The van der Waals surface area contributed by atoms with Gasteiger partial charge in [0.25, 0.3) is 0 Å². The number of amides is 2. The second-order valence-corrected chi connectivity index (χ2v) is 9.42. The summed E-state index contributed by atoms with van der Waals surface area (Å²) >= 11 is 7.11. The molecule has 0 aromatic heterocycles. The zero-order chi connectivity index (χ0) is 23.8. The largest absolute Gasteiger partial charge is 0.455 e. The van der Waals surface area contributed by atoms with Crippen LogP contribution in [0.1, 0.15) is 17.3 Å². The number of rotatable bonds is 6. The van der Waals surface area contributed by atoms with Gasteiger partial charge in [-0.05, 0) is 24.3 Å². The Hall–Kier alpha value is -2.88. The van der Waals surface area contributed by atoms with Crippen molar-refractivity contribution in [3.05, 3.63) is 65.2 Å². The number of carbonyl (C=O) groups is 4. The molecule has 0 aliphatic carbocycles. The van der Waals surface area contributed by atoms with E-state index in [2.05, 4.69) is 0 Å². The molecule has 2 amide bonds. The summed E-state index contributed by atoms with van der Waals surface area (Å²) < 4.78 is 5.07. The number of halogens is 1. The van der Waals surface area contributed by atoms with Gasteiger partial charge in [0.15, 0.2) is 18.0 Å². The van der Waals surface area contributed by atoms with Crippen LogP contribution in [0.2, 0.25) is 5.02 Å². The van der Waals surface area contributed by atoms with Gasteiger partial charge >= 0.3 is 5.97 Å². The molecule has 2 unspecified atom stereocenters. The zero-order valence-corrected chi connectivity index (χ0v) is 19.2. The van der Waals surface area contributed by atoms with Crippen LogP contribution < -0.4 is 4.90 Å². The summed E-state index contributed by atoms with van der Waals surface area (Å²) in [6, 6.07) is 14.2. The first kappa shape index (κ1) is 23.3. The van der Waals surface area contributed by atoms with E-state index >= 15 is 0 Å². The van der Waals surface area contributed by atoms with E-state index in [9.17, 15) is 24.3 Å². The first-order chi connectivity index (χ1) is 15.7. The molecule has 2 saturated heterocycles. The van der Waals surface area contributed by atoms with Crippen LogP contribution in [0.25, 0.3) is 0 Å². The number of fused-ring (bicyclic) bond motifs is 1. The predicted molar refractivity (Wildman–Crippen MR) is 123 cm³/mol. The maximum absolute atomic E-state index is 12.9. The summed E-state index contributed by atoms with van der Waals surface area (Å²) in [5.41, 5.74) is -1.02. The van der Waals surface area contributed by atoms with Gasteiger partial charge in [-0.3, -0.25) is 19.3 Å². The number of anilines is 1. The Morgan fingerprint density at radius 2 is 1.85 bits per heavy atom. The average molecular weight is 489 g/mol. The highest BCUT2D eigenvalue weighted by atomic mass is 35.5. The molecule has 0 bridgehead atoms. The minimum absolute atomic E-state index is 0.0390. The highest BCUT2D eigenvalue weighted by Crippen LogP contribution is 2.42. The second kappa shape index (κ2) is 9.17. The number of nitrogens with zero attached hydrogens (tertiary/aromatic N) is 2. The molecule has 2 aromatic rings. The van der Waals surface area contributed by atoms with Crippen molar-refractivity contribution in [1.29, 1.82) is 0 Å². The fourth-order valence-electron chi connectivity index (χ4n) is 3.88. The van der Waals surface area contributed by atoms with Gasteiger partial charge in [-0.25, -0.2) is 4.79 Å². The third kappa shape index (κ3) is 4.48. The molecule has 8 nitrogen and oxygen atoms in total. The number of aliphatic hydroxyl groups is 1. The van der Waals surface area contributed by atoms with E-state index in [4.69, 9.17) is 16.3 Å². The normalized spacial score (nSPS) is 23.8. The molecule has 33 heavy (non-hydrogen) atoms. The van der Waals surface area contributed by atoms with Gasteiger partial charge in [-0.15, -0.1) is 11.8 Å². The first-order valence-corrected chi connectivity index (χ1v) is 11.6. The molecule has 2 fully saturated rings. The van der Waals surface area contributed by atoms with E-state index in [1.54, 1.807) is 54.6 Å². The zero-order valence-electron chi connectivity index (χ0n) is 17.6. The smallest absolute Gasteiger partial charge is 0.341 e. The van der Waals surface area contributed by atoms with E-state index in [1.807, 2.05) is 0 Å². The number of benzene rings is 2. The summed E-state index contributed by atoms with van der Waals surface area (Å²) in [6.45, 7) is 0.588. The highest BCUT2D eigenvalue weighted by molar-refractivity contribution is 8.00. The average Bonchev–Trinajstić information content (AvgIpc) is 2.82. The van der Waals surface area contributed by atoms with Crippen LogP contribution in [0.3, 0.4) is 0 Å². The number of β-lactam (4-membered cyclic amide) rings is 1. The summed E-state index contributed by atoms with van der Waals surface area (Å²) in [5.74, 6) is -2.09. The number of ether oxygens (including phenoxy) is 1. The van der Waals surface area contributed by atoms with Crippen LogP contribution in [0.5, 0.6) is 0 Å². The quantitative estimate of drug-likeness (QED) is 0.377. The lowest BCUT2D eigenvalue weighted by atomic mass is 9.98. The van der Waals surface area contributed by atoms with Crippen molar-refractivity contribution in [1.82, 2.24) is 4.90 Å². The third-order valence-corrected chi connectivity index (χ3v) is 7.32. The molecule has 1 N–H and O–H groups in total. The molecule has 4 rings (SSSR count). The fourth-order valence-corrected chi connectivity index (χ4v) is 5.44. The number of hydrogen-bond donors (Lipinski definition) is 1. The van der Waals surface area contributed by atoms with Gasteiger partial charge < -0.3 is 14.7 Å². The lowest BCUT2D eigenvalue weighted by molar-refractivity contribution is -0.170. The third-order valence-electron chi connectivity index (χ3n) is 5.57. The minimum Gasteiger partial charge on any atom is -0.455 e. The Kier molecular flexibility index (Phi) is 6.47. The van der Waals surface area contributed by atoms with E-state index in [-0.39, 0.29) is 24.1 Å². The van der Waals surface area contributed by atoms with E-state index in [0.29, 0.717) is 16.3 Å². The molecular formula is C23H21ClN2O6S. The topological polar surface area (TPSA) is 104 Å². The molecule has 2 aliphatic heterocycles. The molecule has 2 aromatic carbocycles. The Bertz CT molecular complexity index is 1100. The predicted octanol–water partition coefficient (Wildman–Crippen LogP) is 2.13. The number of ketones is 1. The molecule has 3 atom stereocenters. The summed E-state index contributed by atoms with van der Waals surface area (Å²) in [7, 11) is 0. The molecular weight excluding hydrogens is 468 g/mol. The molecule has 2 aliphatic rings. The Balaban J connectivity index is 1.41. The van der Waals surface area contributed by atoms with Crippen molar-refractivity contribution >= 4 is 52.6 Å². The van der Waals surface area contributed by atoms with E-state index < -0.39 is 35.4 Å². The SMILES string of the molecule is CC(=O)N(c1ccc(Cl)cc1)C1C(=O)N2CC(O)(C(=O)OCC(=O)c3ccccc3)CS[C@H]12. The standard InChI is InChI=1S/C23H21ClN2O6S/c1-14(27)26(17-9-7-16(24)8-10-17)19-20(29)25-12-23(31,13-33-21(19)25)22(30)32-11-18(28)15-5-3-2-4-6-15/h2-10,19,21,31H,11-13H2,1H3/t19?,21-,23?/m1/s1. The molecule has 0 saturated carbocycles. The maximum Gasteiger partial charge on any atom is 0.341 e. The number of carbonyl (C=O) groups excluding carboxylic acids is 4. The first-order valence-electron chi connectivity index (χ1n) is 10.2. The van der Waals surface area contributed by atoms with E-state index in [0.717, 1.165) is 0 Å². The Morgan fingerprint density at radius 1 is 1.18 bits per heavy atom. The number of esters is 1. The highest BCUT2D eigenvalue weighted by Gasteiger charge is 2.59. The summed E-state index contributed by atoms with van der Waals surface area (Å²) in [6.07, 6.45) is 0. The van der Waals surface area contributed by atoms with Crippen LogP contribution in [0.4, 0.5) is 5.69 Å². The Labute approximate surface area is 199 Å². The van der Waals surface area contributed by atoms with Crippen molar-refractivity contribution in [2.24, 2.45) is 0 Å². The molecule has 0 spiro atoms. The van der Waals surface area contributed by atoms with E-state index in [1.165, 1.54) is 28.5 Å². The van der Waals surface area contributed by atoms with Gasteiger partial charge in [-0.2, -0.15) is 0 Å². The van der Waals surface area contributed by atoms with Gasteiger partial charge in [-0.1, -0.05) is 41.9 Å². The van der Waals surface area contributed by atoms with Crippen molar-refractivity contribution < 1.29 is 29.0 Å². The van der Waals surface area contributed by atoms with Crippen LogP contribution >= 0.6 is 23.4 Å². The minimum atomic E-state index is -1.94. The molecule has 0 radical (unpaired) electrons. The monoisotopic (exact) mass is 488 g/mol. The van der Waals surface area contributed by atoms with Gasteiger partial charge in [0, 0.05) is 29.0 Å². The van der Waals surface area contributed by atoms with Crippen molar-refractivity contribution in [3.8, 4) is 0 Å². The molecule has 2 heterocycles.